The maximum absolute atomic E-state index is 8.59. The molecule has 13 heavy (non-hydrogen) atoms. The maximum atomic E-state index is 8.59. The van der Waals surface area contributed by atoms with Gasteiger partial charge in [0, 0.05) is 19.3 Å². The second-order valence-electron chi connectivity index (χ2n) is 2.83. The van der Waals surface area contributed by atoms with Gasteiger partial charge in [-0.3, -0.25) is 0 Å². The van der Waals surface area contributed by atoms with Crippen molar-refractivity contribution in [2.75, 3.05) is 18.5 Å². The summed E-state index contributed by atoms with van der Waals surface area (Å²) < 4.78 is 0. The van der Waals surface area contributed by atoms with Gasteiger partial charge in [-0.2, -0.15) is 5.26 Å². The monoisotopic (exact) mass is 172 g/mol. The standard InChI is InChI=1S/C11H12N2/c1-3-8-13(2)11-6-4-10(9-12)5-7-11/h3-7H,1,8H2,2H3. The third kappa shape index (κ3) is 2.34. The molecule has 0 saturated carbocycles. The number of nitriles is 1. The Balaban J connectivity index is 2.80. The van der Waals surface area contributed by atoms with Crippen LogP contribution < -0.4 is 4.90 Å². The van der Waals surface area contributed by atoms with Crippen LogP contribution in [0.3, 0.4) is 0 Å². The fourth-order valence-electron chi connectivity index (χ4n) is 1.09. The summed E-state index contributed by atoms with van der Waals surface area (Å²) in [7, 11) is 1.99. The van der Waals surface area contributed by atoms with Gasteiger partial charge in [-0.15, -0.1) is 6.58 Å². The van der Waals surface area contributed by atoms with Gasteiger partial charge in [0.05, 0.1) is 11.6 Å². The molecule has 0 aromatic heterocycles. The Hall–Kier alpha value is -1.75. The lowest BCUT2D eigenvalue weighted by molar-refractivity contribution is 1.03. The molecule has 0 atom stereocenters. The third-order valence-electron chi connectivity index (χ3n) is 1.84. The van der Waals surface area contributed by atoms with Crippen molar-refractivity contribution in [3.8, 4) is 6.07 Å². The molecule has 0 fully saturated rings. The van der Waals surface area contributed by atoms with Gasteiger partial charge < -0.3 is 4.90 Å². The van der Waals surface area contributed by atoms with E-state index in [-0.39, 0.29) is 0 Å². The van der Waals surface area contributed by atoms with Crippen LogP contribution in [0.2, 0.25) is 0 Å². The molecule has 0 N–H and O–H groups in total. The van der Waals surface area contributed by atoms with Crippen molar-refractivity contribution in [2.24, 2.45) is 0 Å². The van der Waals surface area contributed by atoms with Crippen molar-refractivity contribution in [3.05, 3.63) is 42.5 Å². The SMILES string of the molecule is C=CCN(C)c1ccc(C#N)cc1. The first-order chi connectivity index (χ1) is 6.27. The van der Waals surface area contributed by atoms with E-state index in [0.717, 1.165) is 12.2 Å². The molecule has 0 aliphatic rings. The van der Waals surface area contributed by atoms with Gasteiger partial charge in [0.1, 0.15) is 0 Å². The smallest absolute Gasteiger partial charge is 0.0991 e. The largest absolute Gasteiger partial charge is 0.371 e. The Labute approximate surface area is 78.7 Å². The Morgan fingerprint density at radius 2 is 2.08 bits per heavy atom. The highest BCUT2D eigenvalue weighted by Gasteiger charge is 1.97. The first kappa shape index (κ1) is 9.34. The fourth-order valence-corrected chi connectivity index (χ4v) is 1.09. The summed E-state index contributed by atoms with van der Waals surface area (Å²) in [5, 5.41) is 8.59. The van der Waals surface area contributed by atoms with Gasteiger partial charge in [-0.05, 0) is 24.3 Å². The van der Waals surface area contributed by atoms with E-state index in [1.54, 1.807) is 0 Å². The summed E-state index contributed by atoms with van der Waals surface area (Å²) >= 11 is 0. The van der Waals surface area contributed by atoms with Crippen LogP contribution in [0.4, 0.5) is 5.69 Å². The number of anilines is 1. The zero-order valence-corrected chi connectivity index (χ0v) is 7.70. The second kappa shape index (κ2) is 4.32. The van der Waals surface area contributed by atoms with Crippen molar-refractivity contribution < 1.29 is 0 Å². The van der Waals surface area contributed by atoms with E-state index in [1.807, 2.05) is 37.4 Å². The van der Waals surface area contributed by atoms with E-state index in [4.69, 9.17) is 5.26 Å². The van der Waals surface area contributed by atoms with Crippen molar-refractivity contribution in [1.82, 2.24) is 0 Å². The first-order valence-corrected chi connectivity index (χ1v) is 4.10. The highest BCUT2D eigenvalue weighted by molar-refractivity contribution is 5.49. The molecule has 0 saturated heterocycles. The van der Waals surface area contributed by atoms with Crippen LogP contribution in [0, 0.1) is 11.3 Å². The van der Waals surface area contributed by atoms with Gasteiger partial charge >= 0.3 is 0 Å². The van der Waals surface area contributed by atoms with Crippen LogP contribution in [0.25, 0.3) is 0 Å². The summed E-state index contributed by atoms with van der Waals surface area (Å²) in [6.45, 7) is 4.48. The molecule has 0 unspecified atom stereocenters. The van der Waals surface area contributed by atoms with Crippen LogP contribution in [0.15, 0.2) is 36.9 Å². The van der Waals surface area contributed by atoms with E-state index in [1.165, 1.54) is 0 Å². The first-order valence-electron chi connectivity index (χ1n) is 4.10. The molecular formula is C11H12N2. The molecule has 0 heterocycles. The molecule has 0 amide bonds. The van der Waals surface area contributed by atoms with E-state index < -0.39 is 0 Å². The number of nitrogens with zero attached hydrogens (tertiary/aromatic N) is 2. The molecule has 0 aliphatic carbocycles. The topological polar surface area (TPSA) is 27.0 Å². The summed E-state index contributed by atoms with van der Waals surface area (Å²) in [6, 6.07) is 9.58. The minimum Gasteiger partial charge on any atom is -0.371 e. The van der Waals surface area contributed by atoms with Crippen LogP contribution in [0.5, 0.6) is 0 Å². The van der Waals surface area contributed by atoms with Crippen molar-refractivity contribution in [1.29, 1.82) is 5.26 Å². The molecule has 1 aromatic carbocycles. The summed E-state index contributed by atoms with van der Waals surface area (Å²) in [4.78, 5) is 2.06. The molecule has 2 nitrogen and oxygen atoms in total. The molecule has 1 aromatic rings. The molecular weight excluding hydrogens is 160 g/mol. The summed E-state index contributed by atoms with van der Waals surface area (Å²) in [5.41, 5.74) is 1.79. The maximum Gasteiger partial charge on any atom is 0.0991 e. The normalized spacial score (nSPS) is 8.92. The Kier molecular flexibility index (Phi) is 3.10. The summed E-state index contributed by atoms with van der Waals surface area (Å²) in [5.74, 6) is 0. The van der Waals surface area contributed by atoms with E-state index in [0.29, 0.717) is 5.56 Å². The minimum absolute atomic E-state index is 0.691. The summed E-state index contributed by atoms with van der Waals surface area (Å²) in [6.07, 6.45) is 1.85. The third-order valence-corrected chi connectivity index (χ3v) is 1.84. The molecule has 66 valence electrons. The van der Waals surface area contributed by atoms with Crippen molar-refractivity contribution in [3.63, 3.8) is 0 Å². The van der Waals surface area contributed by atoms with Gasteiger partial charge in [0.25, 0.3) is 0 Å². The van der Waals surface area contributed by atoms with Crippen LogP contribution in [-0.2, 0) is 0 Å². The predicted molar refractivity (Wildman–Crippen MR) is 54.6 cm³/mol. The van der Waals surface area contributed by atoms with Gasteiger partial charge in [0.2, 0.25) is 0 Å². The number of hydrogen-bond acceptors (Lipinski definition) is 2. The van der Waals surface area contributed by atoms with Crippen molar-refractivity contribution >= 4 is 5.69 Å². The quantitative estimate of drug-likeness (QED) is 0.653. The molecule has 0 aliphatic heterocycles. The number of likely N-dealkylation sites (N-methyl/N-ethyl adjacent to an activating group) is 1. The lowest BCUT2D eigenvalue weighted by Crippen LogP contribution is -2.16. The Morgan fingerprint density at radius 1 is 1.46 bits per heavy atom. The number of benzene rings is 1. The van der Waals surface area contributed by atoms with Crippen LogP contribution >= 0.6 is 0 Å². The number of rotatable bonds is 3. The van der Waals surface area contributed by atoms with E-state index in [9.17, 15) is 0 Å². The zero-order valence-electron chi connectivity index (χ0n) is 7.70. The Bertz CT molecular complexity index is 319. The molecule has 0 radical (unpaired) electrons. The second-order valence-corrected chi connectivity index (χ2v) is 2.83. The lowest BCUT2D eigenvalue weighted by Gasteiger charge is -2.16. The van der Waals surface area contributed by atoms with E-state index in [2.05, 4.69) is 17.5 Å². The van der Waals surface area contributed by atoms with Gasteiger partial charge in [-0.1, -0.05) is 6.08 Å². The Morgan fingerprint density at radius 3 is 2.54 bits per heavy atom. The fraction of sp³-hybridized carbons (Fsp3) is 0.182. The van der Waals surface area contributed by atoms with Gasteiger partial charge in [0.15, 0.2) is 0 Å². The average Bonchev–Trinajstić information content (AvgIpc) is 2.18. The van der Waals surface area contributed by atoms with Gasteiger partial charge in [-0.25, -0.2) is 0 Å². The molecule has 2 heteroatoms. The highest BCUT2D eigenvalue weighted by atomic mass is 15.1. The zero-order chi connectivity index (χ0) is 9.68. The molecule has 0 spiro atoms. The van der Waals surface area contributed by atoms with Crippen molar-refractivity contribution in [2.45, 2.75) is 0 Å². The van der Waals surface area contributed by atoms with Crippen LogP contribution in [-0.4, -0.2) is 13.6 Å². The minimum atomic E-state index is 0.691. The molecule has 0 bridgehead atoms. The lowest BCUT2D eigenvalue weighted by atomic mass is 10.2. The van der Waals surface area contributed by atoms with Crippen LogP contribution in [0.1, 0.15) is 5.56 Å². The van der Waals surface area contributed by atoms with E-state index >= 15 is 0 Å². The predicted octanol–water partition coefficient (Wildman–Crippen LogP) is 2.18. The molecule has 1 rings (SSSR count). The highest BCUT2D eigenvalue weighted by Crippen LogP contribution is 2.12. The average molecular weight is 172 g/mol. The number of hydrogen-bond donors (Lipinski definition) is 0.